The molecule has 0 unspecified atom stereocenters. The summed E-state index contributed by atoms with van der Waals surface area (Å²) in [7, 11) is 0. The third kappa shape index (κ3) is 5.08. The second kappa shape index (κ2) is 9.45. The predicted molar refractivity (Wildman–Crippen MR) is 96.7 cm³/mol. The monoisotopic (exact) mass is 330 g/mol. The summed E-state index contributed by atoms with van der Waals surface area (Å²) in [4.78, 5) is 25.6. The Kier molecular flexibility index (Phi) is 7.29. The molecule has 24 heavy (non-hydrogen) atoms. The van der Waals surface area contributed by atoms with Gasteiger partial charge < -0.3 is 10.2 Å². The first-order valence-electron chi connectivity index (χ1n) is 9.25. The number of unbranched alkanes of at least 4 members (excludes halogenated alkanes) is 2. The Balaban J connectivity index is 1.86. The Morgan fingerprint density at radius 2 is 2.00 bits per heavy atom. The van der Waals surface area contributed by atoms with Crippen LogP contribution in [0.3, 0.4) is 0 Å². The van der Waals surface area contributed by atoms with Crippen LogP contribution >= 0.6 is 0 Å². The van der Waals surface area contributed by atoms with Gasteiger partial charge in [0.15, 0.2) is 0 Å². The number of carbonyl (C=O) groups is 2. The number of benzene rings is 1. The minimum Gasteiger partial charge on any atom is -0.356 e. The first-order chi connectivity index (χ1) is 11.6. The number of nitrogens with one attached hydrogen (secondary N) is 1. The van der Waals surface area contributed by atoms with E-state index in [0.717, 1.165) is 45.1 Å². The molecule has 1 aliphatic rings. The molecule has 0 aliphatic carbocycles. The molecule has 0 fully saturated rings. The lowest BCUT2D eigenvalue weighted by molar-refractivity contribution is -0.134. The molecule has 1 aromatic rings. The number of fused-ring (bicyclic) bond motifs is 1. The van der Waals surface area contributed by atoms with Crippen molar-refractivity contribution in [1.29, 1.82) is 0 Å². The first kappa shape index (κ1) is 18.5. The summed E-state index contributed by atoms with van der Waals surface area (Å²) in [6.07, 6.45) is 6.51. The van der Waals surface area contributed by atoms with Crippen molar-refractivity contribution in [3.8, 4) is 0 Å². The number of nitrogens with zero attached hydrogens (tertiary/aromatic N) is 1. The molecule has 0 spiro atoms. The molecule has 1 N–H and O–H groups in total. The van der Waals surface area contributed by atoms with Crippen molar-refractivity contribution in [2.75, 3.05) is 13.1 Å². The van der Waals surface area contributed by atoms with Gasteiger partial charge in [-0.25, -0.2) is 0 Å². The van der Waals surface area contributed by atoms with Gasteiger partial charge >= 0.3 is 0 Å². The van der Waals surface area contributed by atoms with Crippen molar-refractivity contribution in [3.05, 3.63) is 35.4 Å². The second-order valence-corrected chi connectivity index (χ2v) is 6.63. The lowest BCUT2D eigenvalue weighted by Crippen LogP contribution is -2.40. The van der Waals surface area contributed by atoms with Crippen LogP contribution in [0.2, 0.25) is 0 Å². The molecule has 2 amide bonds. The highest BCUT2D eigenvalue weighted by molar-refractivity contribution is 5.77. The zero-order chi connectivity index (χ0) is 17.4. The van der Waals surface area contributed by atoms with Crippen LogP contribution < -0.4 is 5.32 Å². The van der Waals surface area contributed by atoms with Gasteiger partial charge in [0.2, 0.25) is 11.8 Å². The Morgan fingerprint density at radius 1 is 1.21 bits per heavy atom. The van der Waals surface area contributed by atoms with Gasteiger partial charge in [0.25, 0.3) is 0 Å². The normalized spacial score (nSPS) is 16.6. The summed E-state index contributed by atoms with van der Waals surface area (Å²) in [5.74, 6) is 0.294. The van der Waals surface area contributed by atoms with Crippen molar-refractivity contribution in [3.63, 3.8) is 0 Å². The number of carbonyl (C=O) groups excluding carboxylic acids is 2. The molecule has 0 saturated carbocycles. The van der Waals surface area contributed by atoms with Crippen LogP contribution in [0.15, 0.2) is 24.3 Å². The molecule has 0 bridgehead atoms. The summed E-state index contributed by atoms with van der Waals surface area (Å²) in [6, 6.07) is 8.79. The van der Waals surface area contributed by atoms with Gasteiger partial charge in [-0.1, -0.05) is 44.0 Å². The van der Waals surface area contributed by atoms with Gasteiger partial charge in [-0.2, -0.15) is 0 Å². The molecule has 1 atom stereocenters. The average molecular weight is 330 g/mol. The fourth-order valence-electron chi connectivity index (χ4n) is 3.52. The van der Waals surface area contributed by atoms with Gasteiger partial charge in [0.1, 0.15) is 0 Å². The molecule has 4 heteroatoms. The molecule has 0 radical (unpaired) electrons. The van der Waals surface area contributed by atoms with E-state index in [1.807, 2.05) is 0 Å². The number of hydrogen-bond acceptors (Lipinski definition) is 2. The van der Waals surface area contributed by atoms with Crippen LogP contribution in [-0.4, -0.2) is 29.8 Å². The van der Waals surface area contributed by atoms with Gasteiger partial charge in [0.05, 0.1) is 6.04 Å². The zero-order valence-electron chi connectivity index (χ0n) is 15.0. The molecule has 0 saturated heterocycles. The van der Waals surface area contributed by atoms with E-state index in [2.05, 4.69) is 41.4 Å². The Labute approximate surface area is 145 Å². The third-order valence-corrected chi connectivity index (χ3v) is 4.74. The molecule has 2 rings (SSSR count). The molecule has 0 aromatic heterocycles. The first-order valence-corrected chi connectivity index (χ1v) is 9.25. The van der Waals surface area contributed by atoms with Crippen LogP contribution in [-0.2, 0) is 16.0 Å². The summed E-state index contributed by atoms with van der Waals surface area (Å²) in [6.45, 7) is 5.26. The van der Waals surface area contributed by atoms with Crippen molar-refractivity contribution in [2.45, 2.75) is 64.8 Å². The van der Waals surface area contributed by atoms with Crippen molar-refractivity contribution in [2.24, 2.45) is 0 Å². The van der Waals surface area contributed by atoms with E-state index in [1.54, 1.807) is 0 Å². The predicted octanol–water partition coefficient (Wildman–Crippen LogP) is 3.61. The van der Waals surface area contributed by atoms with E-state index in [9.17, 15) is 9.59 Å². The maximum atomic E-state index is 12.7. The SMILES string of the molecule is CCC[C@@H]1c2ccccc2CCN1C(=O)CCCCCNC(C)=O. The highest BCUT2D eigenvalue weighted by atomic mass is 16.2. The maximum absolute atomic E-state index is 12.7. The Bertz CT molecular complexity index is 556. The largest absolute Gasteiger partial charge is 0.356 e. The molecule has 132 valence electrons. The van der Waals surface area contributed by atoms with E-state index in [0.29, 0.717) is 13.0 Å². The van der Waals surface area contributed by atoms with E-state index in [1.165, 1.54) is 18.1 Å². The van der Waals surface area contributed by atoms with Gasteiger partial charge in [0, 0.05) is 26.4 Å². The molecule has 1 heterocycles. The summed E-state index contributed by atoms with van der Waals surface area (Å²) in [5, 5.41) is 2.80. The second-order valence-electron chi connectivity index (χ2n) is 6.63. The zero-order valence-corrected chi connectivity index (χ0v) is 15.0. The van der Waals surface area contributed by atoms with Gasteiger partial charge in [-0.05, 0) is 36.8 Å². The van der Waals surface area contributed by atoms with Gasteiger partial charge in [-0.15, -0.1) is 0 Å². The minimum absolute atomic E-state index is 0.0143. The number of hydrogen-bond donors (Lipinski definition) is 1. The van der Waals surface area contributed by atoms with Crippen LogP contribution in [0.1, 0.15) is 69.5 Å². The fourth-order valence-corrected chi connectivity index (χ4v) is 3.52. The molecular formula is C20H30N2O2. The number of rotatable bonds is 8. The summed E-state index contributed by atoms with van der Waals surface area (Å²) in [5.41, 5.74) is 2.74. The maximum Gasteiger partial charge on any atom is 0.223 e. The Morgan fingerprint density at radius 3 is 2.75 bits per heavy atom. The molecule has 4 nitrogen and oxygen atoms in total. The van der Waals surface area contributed by atoms with Crippen LogP contribution in [0.5, 0.6) is 0 Å². The smallest absolute Gasteiger partial charge is 0.223 e. The topological polar surface area (TPSA) is 49.4 Å². The van der Waals surface area contributed by atoms with E-state index < -0.39 is 0 Å². The van der Waals surface area contributed by atoms with E-state index >= 15 is 0 Å². The quantitative estimate of drug-likeness (QED) is 0.740. The summed E-state index contributed by atoms with van der Waals surface area (Å²) < 4.78 is 0. The van der Waals surface area contributed by atoms with E-state index in [-0.39, 0.29) is 17.9 Å². The summed E-state index contributed by atoms with van der Waals surface area (Å²) >= 11 is 0. The highest BCUT2D eigenvalue weighted by Gasteiger charge is 2.29. The van der Waals surface area contributed by atoms with Crippen LogP contribution in [0, 0.1) is 0 Å². The van der Waals surface area contributed by atoms with Crippen molar-refractivity contribution in [1.82, 2.24) is 10.2 Å². The van der Waals surface area contributed by atoms with Crippen LogP contribution in [0.25, 0.3) is 0 Å². The van der Waals surface area contributed by atoms with Gasteiger partial charge in [-0.3, -0.25) is 9.59 Å². The third-order valence-electron chi connectivity index (χ3n) is 4.74. The molecule has 1 aromatic carbocycles. The average Bonchev–Trinajstić information content (AvgIpc) is 2.58. The Hall–Kier alpha value is -1.84. The fraction of sp³-hybridized carbons (Fsp3) is 0.600. The van der Waals surface area contributed by atoms with Crippen molar-refractivity contribution < 1.29 is 9.59 Å². The standard InChI is InChI=1S/C20H30N2O2/c1-3-9-19-18-11-7-6-10-17(18)13-15-22(19)20(24)12-5-4-8-14-21-16(2)23/h6-7,10-11,19H,3-5,8-9,12-15H2,1-2H3,(H,21,23)/t19-/m1/s1. The highest BCUT2D eigenvalue weighted by Crippen LogP contribution is 2.33. The lowest BCUT2D eigenvalue weighted by atomic mass is 9.89. The minimum atomic E-state index is 0.0143. The van der Waals surface area contributed by atoms with E-state index in [4.69, 9.17) is 0 Å². The molecular weight excluding hydrogens is 300 g/mol. The lowest BCUT2D eigenvalue weighted by Gasteiger charge is -2.37. The molecule has 1 aliphatic heterocycles. The van der Waals surface area contributed by atoms with Crippen molar-refractivity contribution >= 4 is 11.8 Å². The number of amides is 2. The van der Waals surface area contributed by atoms with Crippen LogP contribution in [0.4, 0.5) is 0 Å².